The lowest BCUT2D eigenvalue weighted by Crippen LogP contribution is -2.55. The van der Waals surface area contributed by atoms with E-state index < -0.39 is 0 Å². The Morgan fingerprint density at radius 1 is 1.14 bits per heavy atom. The summed E-state index contributed by atoms with van der Waals surface area (Å²) in [4.78, 5) is 9.54. The summed E-state index contributed by atoms with van der Waals surface area (Å²) >= 11 is 0. The Morgan fingerprint density at radius 2 is 1.81 bits per heavy atom. The first kappa shape index (κ1) is 16.6. The van der Waals surface area contributed by atoms with Crippen LogP contribution in [0.1, 0.15) is 53.4 Å². The van der Waals surface area contributed by atoms with Crippen molar-refractivity contribution in [2.45, 2.75) is 58.9 Å². The molecule has 0 unspecified atom stereocenters. The summed E-state index contributed by atoms with van der Waals surface area (Å²) in [7, 11) is 1.90. The fourth-order valence-corrected chi connectivity index (χ4v) is 3.53. The van der Waals surface area contributed by atoms with Gasteiger partial charge in [-0.25, -0.2) is 0 Å². The van der Waals surface area contributed by atoms with Crippen LogP contribution in [0.15, 0.2) is 4.99 Å². The first-order valence-corrected chi connectivity index (χ1v) is 8.55. The minimum atomic E-state index is 0.200. The number of likely N-dealkylation sites (tertiary alicyclic amines) is 2. The molecular weight excluding hydrogens is 260 g/mol. The van der Waals surface area contributed by atoms with Crippen LogP contribution in [-0.4, -0.2) is 61.1 Å². The topological polar surface area (TPSA) is 30.9 Å². The van der Waals surface area contributed by atoms with E-state index >= 15 is 0 Å². The van der Waals surface area contributed by atoms with Crippen molar-refractivity contribution in [1.29, 1.82) is 0 Å². The van der Waals surface area contributed by atoms with E-state index in [2.05, 4.69) is 47.8 Å². The molecule has 122 valence electrons. The number of piperidine rings is 1. The van der Waals surface area contributed by atoms with Crippen molar-refractivity contribution in [3.05, 3.63) is 0 Å². The van der Waals surface area contributed by atoms with Gasteiger partial charge in [-0.05, 0) is 51.6 Å². The Balaban J connectivity index is 1.88. The normalized spacial score (nSPS) is 24.4. The van der Waals surface area contributed by atoms with Gasteiger partial charge in [-0.2, -0.15) is 0 Å². The van der Waals surface area contributed by atoms with Gasteiger partial charge >= 0.3 is 0 Å². The third-order valence-corrected chi connectivity index (χ3v) is 5.08. The predicted molar refractivity (Wildman–Crippen MR) is 90.8 cm³/mol. The maximum absolute atomic E-state index is 4.50. The summed E-state index contributed by atoms with van der Waals surface area (Å²) < 4.78 is 0. The van der Waals surface area contributed by atoms with Gasteiger partial charge < -0.3 is 10.2 Å². The van der Waals surface area contributed by atoms with Gasteiger partial charge in [0.1, 0.15) is 0 Å². The molecule has 0 saturated carbocycles. The van der Waals surface area contributed by atoms with Crippen molar-refractivity contribution < 1.29 is 0 Å². The average molecular weight is 294 g/mol. The quantitative estimate of drug-likeness (QED) is 0.641. The predicted octanol–water partition coefficient (Wildman–Crippen LogP) is 2.56. The molecule has 2 aliphatic heterocycles. The summed E-state index contributed by atoms with van der Waals surface area (Å²) in [6.45, 7) is 15.1. The van der Waals surface area contributed by atoms with Crippen LogP contribution < -0.4 is 5.32 Å². The van der Waals surface area contributed by atoms with Gasteiger partial charge in [0.25, 0.3) is 0 Å². The highest BCUT2D eigenvalue weighted by Crippen LogP contribution is 2.28. The highest BCUT2D eigenvalue weighted by atomic mass is 15.3. The van der Waals surface area contributed by atoms with Crippen molar-refractivity contribution in [2.24, 2.45) is 10.4 Å². The second-order valence-corrected chi connectivity index (χ2v) is 8.10. The van der Waals surface area contributed by atoms with Crippen molar-refractivity contribution in [1.82, 2.24) is 15.1 Å². The van der Waals surface area contributed by atoms with Crippen LogP contribution in [0.4, 0.5) is 0 Å². The van der Waals surface area contributed by atoms with Gasteiger partial charge in [-0.3, -0.25) is 9.89 Å². The zero-order chi connectivity index (χ0) is 15.5. The molecule has 2 saturated heterocycles. The number of nitrogens with zero attached hydrogens (tertiary/aromatic N) is 3. The molecule has 1 N–H and O–H groups in total. The molecule has 0 aromatic carbocycles. The molecular formula is C17H34N4. The molecule has 2 fully saturated rings. The smallest absolute Gasteiger partial charge is 0.193 e. The molecule has 2 heterocycles. The Morgan fingerprint density at radius 3 is 2.33 bits per heavy atom. The molecule has 0 radical (unpaired) electrons. The summed E-state index contributed by atoms with van der Waals surface area (Å²) in [6.07, 6.45) is 5.34. The van der Waals surface area contributed by atoms with Crippen molar-refractivity contribution >= 4 is 5.96 Å². The minimum absolute atomic E-state index is 0.200. The molecule has 0 bridgehead atoms. The molecule has 21 heavy (non-hydrogen) atoms. The van der Waals surface area contributed by atoms with Crippen LogP contribution in [0.5, 0.6) is 0 Å². The second kappa shape index (κ2) is 6.55. The number of hydrogen-bond acceptors (Lipinski definition) is 2. The van der Waals surface area contributed by atoms with Crippen molar-refractivity contribution in [2.75, 3.05) is 39.8 Å². The fraction of sp³-hybridized carbons (Fsp3) is 0.941. The zero-order valence-electron chi connectivity index (χ0n) is 14.7. The summed E-state index contributed by atoms with van der Waals surface area (Å²) in [5.74, 6) is 1.07. The number of nitrogens with one attached hydrogen (secondary N) is 1. The van der Waals surface area contributed by atoms with Crippen LogP contribution in [0.3, 0.4) is 0 Å². The maximum atomic E-state index is 4.50. The molecule has 0 aromatic heterocycles. The highest BCUT2D eigenvalue weighted by molar-refractivity contribution is 5.80. The second-order valence-electron chi connectivity index (χ2n) is 8.10. The molecule has 0 amide bonds. The molecule has 4 heteroatoms. The van der Waals surface area contributed by atoms with Gasteiger partial charge in [0.05, 0.1) is 0 Å². The SMILES string of the molecule is CN=C(NCC(C)(C)N1CCCCC1)N1CCC(C)(C)C1. The Kier molecular flexibility index (Phi) is 5.18. The molecule has 2 aliphatic rings. The monoisotopic (exact) mass is 294 g/mol. The number of rotatable bonds is 3. The summed E-state index contributed by atoms with van der Waals surface area (Å²) in [6, 6.07) is 0. The Hall–Kier alpha value is -0.770. The van der Waals surface area contributed by atoms with Crippen LogP contribution >= 0.6 is 0 Å². The molecule has 0 atom stereocenters. The number of aliphatic imine (C=N–C) groups is 1. The van der Waals surface area contributed by atoms with E-state index in [4.69, 9.17) is 0 Å². The molecule has 2 rings (SSSR count). The van der Waals surface area contributed by atoms with Gasteiger partial charge in [-0.1, -0.05) is 20.3 Å². The van der Waals surface area contributed by atoms with E-state index in [9.17, 15) is 0 Å². The van der Waals surface area contributed by atoms with Gasteiger partial charge in [-0.15, -0.1) is 0 Å². The fourth-order valence-electron chi connectivity index (χ4n) is 3.53. The van der Waals surface area contributed by atoms with Gasteiger partial charge in [0, 0.05) is 32.2 Å². The number of hydrogen-bond donors (Lipinski definition) is 1. The van der Waals surface area contributed by atoms with E-state index in [1.807, 2.05) is 7.05 Å². The van der Waals surface area contributed by atoms with E-state index in [0.717, 1.165) is 25.6 Å². The average Bonchev–Trinajstić information content (AvgIpc) is 2.81. The third kappa shape index (κ3) is 4.35. The molecule has 0 aliphatic carbocycles. The van der Waals surface area contributed by atoms with Crippen LogP contribution in [-0.2, 0) is 0 Å². The lowest BCUT2D eigenvalue weighted by atomic mass is 9.93. The Bertz CT molecular complexity index is 367. The minimum Gasteiger partial charge on any atom is -0.354 e. The van der Waals surface area contributed by atoms with Crippen molar-refractivity contribution in [3.8, 4) is 0 Å². The van der Waals surface area contributed by atoms with Crippen molar-refractivity contribution in [3.63, 3.8) is 0 Å². The standard InChI is InChI=1S/C17H34N4/c1-16(2)9-12-20(14-16)15(18-5)19-13-17(3,4)21-10-7-6-8-11-21/h6-14H2,1-5H3,(H,18,19). The number of guanidine groups is 1. The van der Waals surface area contributed by atoms with E-state index in [-0.39, 0.29) is 5.54 Å². The molecule has 0 spiro atoms. The molecule has 0 aromatic rings. The summed E-state index contributed by atoms with van der Waals surface area (Å²) in [5.41, 5.74) is 0.617. The van der Waals surface area contributed by atoms with Crippen LogP contribution in [0.25, 0.3) is 0 Å². The molecule has 4 nitrogen and oxygen atoms in total. The lowest BCUT2D eigenvalue weighted by molar-refractivity contribution is 0.0977. The van der Waals surface area contributed by atoms with Gasteiger partial charge in [0.15, 0.2) is 5.96 Å². The van der Waals surface area contributed by atoms with E-state index in [1.165, 1.54) is 38.8 Å². The summed E-state index contributed by atoms with van der Waals surface area (Å²) in [5, 5.41) is 3.62. The zero-order valence-corrected chi connectivity index (χ0v) is 14.7. The van der Waals surface area contributed by atoms with E-state index in [1.54, 1.807) is 0 Å². The first-order valence-electron chi connectivity index (χ1n) is 8.55. The van der Waals surface area contributed by atoms with Crippen LogP contribution in [0, 0.1) is 5.41 Å². The van der Waals surface area contributed by atoms with E-state index in [0.29, 0.717) is 5.41 Å². The van der Waals surface area contributed by atoms with Gasteiger partial charge in [0.2, 0.25) is 0 Å². The third-order valence-electron chi connectivity index (χ3n) is 5.08. The maximum Gasteiger partial charge on any atom is 0.193 e. The highest BCUT2D eigenvalue weighted by Gasteiger charge is 2.32. The first-order chi connectivity index (χ1) is 9.84. The Labute approximate surface area is 131 Å². The largest absolute Gasteiger partial charge is 0.354 e. The van der Waals surface area contributed by atoms with Crippen LogP contribution in [0.2, 0.25) is 0 Å². The lowest BCUT2D eigenvalue weighted by Gasteiger charge is -2.41.